The number of nitrogens with one attached hydrogen (secondary N) is 1. The molecule has 0 saturated carbocycles. The summed E-state index contributed by atoms with van der Waals surface area (Å²) < 4.78 is 33.2. The third-order valence-electron chi connectivity index (χ3n) is 5.68. The van der Waals surface area contributed by atoms with Gasteiger partial charge in [0.15, 0.2) is 11.6 Å². The summed E-state index contributed by atoms with van der Waals surface area (Å²) >= 11 is 0. The Balaban J connectivity index is 1.22. The fourth-order valence-electron chi connectivity index (χ4n) is 3.86. The van der Waals surface area contributed by atoms with E-state index in [1.54, 1.807) is 24.4 Å². The highest BCUT2D eigenvalue weighted by atomic mass is 32.2. The number of rotatable bonds is 5. The van der Waals surface area contributed by atoms with Gasteiger partial charge in [-0.05, 0) is 54.4 Å². The fraction of sp³-hybridized carbons (Fsp3) is 0.318. The van der Waals surface area contributed by atoms with Gasteiger partial charge in [-0.25, -0.2) is 13.4 Å². The Morgan fingerprint density at radius 1 is 0.969 bits per heavy atom. The van der Waals surface area contributed by atoms with E-state index in [2.05, 4.69) is 20.5 Å². The number of aryl methyl sites for hydroxylation is 1. The second kappa shape index (κ2) is 8.36. The van der Waals surface area contributed by atoms with E-state index in [0.29, 0.717) is 49.3 Å². The Kier molecular flexibility index (Phi) is 5.40. The van der Waals surface area contributed by atoms with E-state index in [9.17, 15) is 8.42 Å². The quantitative estimate of drug-likeness (QED) is 0.630. The lowest BCUT2D eigenvalue weighted by atomic mass is 10.2. The molecule has 1 N–H and O–H groups in total. The second-order valence-electron chi connectivity index (χ2n) is 7.88. The third-order valence-corrected chi connectivity index (χ3v) is 7.57. The Labute approximate surface area is 187 Å². The highest BCUT2D eigenvalue weighted by molar-refractivity contribution is 7.89. The highest BCUT2D eigenvalue weighted by Crippen LogP contribution is 2.29. The van der Waals surface area contributed by atoms with Gasteiger partial charge in [0, 0.05) is 38.8 Å². The number of piperazine rings is 1. The molecule has 0 radical (unpaired) electrons. The van der Waals surface area contributed by atoms with Gasteiger partial charge in [-0.3, -0.25) is 0 Å². The Morgan fingerprint density at radius 3 is 2.50 bits per heavy atom. The minimum atomic E-state index is -3.54. The molecule has 10 heteroatoms. The van der Waals surface area contributed by atoms with E-state index >= 15 is 0 Å². The molecule has 1 fully saturated rings. The summed E-state index contributed by atoms with van der Waals surface area (Å²) in [5, 5.41) is 11.7. The zero-order chi connectivity index (χ0) is 22.1. The molecule has 2 aliphatic heterocycles. The maximum absolute atomic E-state index is 13.1. The maximum atomic E-state index is 13.1. The first-order valence-corrected chi connectivity index (χ1v) is 12.0. The predicted octanol–water partition coefficient (Wildman–Crippen LogP) is 2.37. The molecule has 0 aliphatic carbocycles. The monoisotopic (exact) mass is 452 g/mol. The van der Waals surface area contributed by atoms with Crippen molar-refractivity contribution in [2.75, 3.05) is 43.0 Å². The molecule has 32 heavy (non-hydrogen) atoms. The first-order valence-electron chi connectivity index (χ1n) is 10.5. The van der Waals surface area contributed by atoms with Crippen molar-refractivity contribution in [3.63, 3.8) is 0 Å². The van der Waals surface area contributed by atoms with E-state index in [1.165, 1.54) is 4.31 Å². The second-order valence-corrected chi connectivity index (χ2v) is 9.82. The van der Waals surface area contributed by atoms with Gasteiger partial charge in [-0.2, -0.15) is 4.31 Å². The first-order chi connectivity index (χ1) is 15.5. The SMILES string of the molecule is Cc1ccc(Nc2ccc(N3CCN(S(=O)(=O)c4ccc5c(c4)CCO5)CC3)nn2)nc1. The molecular formula is C22H24N6O3S. The molecule has 1 aromatic carbocycles. The lowest BCUT2D eigenvalue weighted by Gasteiger charge is -2.34. The van der Waals surface area contributed by atoms with Crippen LogP contribution in [0.1, 0.15) is 11.1 Å². The van der Waals surface area contributed by atoms with E-state index in [1.807, 2.05) is 36.1 Å². The van der Waals surface area contributed by atoms with Crippen LogP contribution in [0.5, 0.6) is 5.75 Å². The molecule has 9 nitrogen and oxygen atoms in total. The average Bonchev–Trinajstić information content (AvgIpc) is 3.29. The van der Waals surface area contributed by atoms with Gasteiger partial charge in [0.1, 0.15) is 11.6 Å². The van der Waals surface area contributed by atoms with Gasteiger partial charge in [0.05, 0.1) is 11.5 Å². The van der Waals surface area contributed by atoms with Crippen molar-refractivity contribution in [2.24, 2.45) is 0 Å². The van der Waals surface area contributed by atoms with Crippen molar-refractivity contribution >= 4 is 27.5 Å². The van der Waals surface area contributed by atoms with Crippen molar-refractivity contribution in [1.82, 2.24) is 19.5 Å². The number of sulfonamides is 1. The normalized spacial score (nSPS) is 16.5. The van der Waals surface area contributed by atoms with Crippen LogP contribution in [0.25, 0.3) is 0 Å². The van der Waals surface area contributed by atoms with Gasteiger partial charge in [-0.15, -0.1) is 10.2 Å². The van der Waals surface area contributed by atoms with Crippen molar-refractivity contribution in [2.45, 2.75) is 18.2 Å². The van der Waals surface area contributed by atoms with Gasteiger partial charge in [-0.1, -0.05) is 6.07 Å². The molecule has 0 atom stereocenters. The van der Waals surface area contributed by atoms with E-state index in [0.717, 1.165) is 29.1 Å². The molecule has 166 valence electrons. The molecule has 4 heterocycles. The molecule has 5 rings (SSSR count). The summed E-state index contributed by atoms with van der Waals surface area (Å²) in [6, 6.07) is 12.7. The van der Waals surface area contributed by atoms with Gasteiger partial charge >= 0.3 is 0 Å². The summed E-state index contributed by atoms with van der Waals surface area (Å²) in [5.74, 6) is 2.81. The van der Waals surface area contributed by atoms with Crippen LogP contribution in [0.2, 0.25) is 0 Å². The predicted molar refractivity (Wildman–Crippen MR) is 121 cm³/mol. The van der Waals surface area contributed by atoms with Crippen LogP contribution < -0.4 is 15.0 Å². The highest BCUT2D eigenvalue weighted by Gasteiger charge is 2.30. The van der Waals surface area contributed by atoms with E-state index in [4.69, 9.17) is 4.74 Å². The van der Waals surface area contributed by atoms with Gasteiger partial charge in [0.25, 0.3) is 0 Å². The molecule has 0 bridgehead atoms. The number of ether oxygens (including phenoxy) is 1. The zero-order valence-electron chi connectivity index (χ0n) is 17.7. The molecule has 3 aromatic rings. The number of pyridine rings is 1. The van der Waals surface area contributed by atoms with E-state index in [-0.39, 0.29) is 0 Å². The lowest BCUT2D eigenvalue weighted by Crippen LogP contribution is -2.49. The Hall–Kier alpha value is -3.24. The summed E-state index contributed by atoms with van der Waals surface area (Å²) in [7, 11) is -3.54. The lowest BCUT2D eigenvalue weighted by molar-refractivity contribution is 0.356. The van der Waals surface area contributed by atoms with Gasteiger partial charge < -0.3 is 15.0 Å². The van der Waals surface area contributed by atoms with Crippen molar-refractivity contribution < 1.29 is 13.2 Å². The average molecular weight is 453 g/mol. The Morgan fingerprint density at radius 2 is 1.78 bits per heavy atom. The molecule has 2 aromatic heterocycles. The van der Waals surface area contributed by atoms with Crippen molar-refractivity contribution in [3.05, 3.63) is 59.8 Å². The van der Waals surface area contributed by atoms with Gasteiger partial charge in [0.2, 0.25) is 10.0 Å². The molecule has 1 saturated heterocycles. The van der Waals surface area contributed by atoms with Crippen LogP contribution >= 0.6 is 0 Å². The topological polar surface area (TPSA) is 101 Å². The van der Waals surface area contributed by atoms with Crippen molar-refractivity contribution in [1.29, 1.82) is 0 Å². The molecule has 2 aliphatic rings. The van der Waals surface area contributed by atoms with Crippen LogP contribution in [0.3, 0.4) is 0 Å². The standard InChI is InChI=1S/C22H24N6O3S/c1-16-2-5-20(23-15-16)24-21-6-7-22(26-25-21)27-9-11-28(12-10-27)32(29,30)18-3-4-19-17(14-18)8-13-31-19/h2-7,14-15H,8-13H2,1H3,(H,23,24,25). The number of anilines is 3. The molecule has 0 unspecified atom stereocenters. The molecular weight excluding hydrogens is 428 g/mol. The molecule has 0 spiro atoms. The maximum Gasteiger partial charge on any atom is 0.243 e. The van der Waals surface area contributed by atoms with Crippen LogP contribution in [-0.2, 0) is 16.4 Å². The van der Waals surface area contributed by atoms with Crippen LogP contribution in [0, 0.1) is 6.92 Å². The van der Waals surface area contributed by atoms with Crippen LogP contribution in [0.15, 0.2) is 53.6 Å². The molecule has 0 amide bonds. The summed E-state index contributed by atoms with van der Waals surface area (Å²) in [6.45, 7) is 4.48. The fourth-order valence-corrected chi connectivity index (χ4v) is 5.34. The third kappa shape index (κ3) is 4.11. The summed E-state index contributed by atoms with van der Waals surface area (Å²) in [6.07, 6.45) is 2.53. The van der Waals surface area contributed by atoms with Crippen LogP contribution in [-0.4, -0.2) is 60.7 Å². The minimum absolute atomic E-state index is 0.329. The number of benzene rings is 1. The number of aromatic nitrogens is 3. The number of fused-ring (bicyclic) bond motifs is 1. The first kappa shape index (κ1) is 20.7. The van der Waals surface area contributed by atoms with E-state index < -0.39 is 10.0 Å². The van der Waals surface area contributed by atoms with Crippen molar-refractivity contribution in [3.8, 4) is 5.75 Å². The number of hydrogen-bond donors (Lipinski definition) is 1. The largest absolute Gasteiger partial charge is 0.493 e. The van der Waals surface area contributed by atoms with Crippen LogP contribution in [0.4, 0.5) is 17.5 Å². The minimum Gasteiger partial charge on any atom is -0.493 e. The summed E-state index contributed by atoms with van der Waals surface area (Å²) in [4.78, 5) is 6.68. The zero-order valence-corrected chi connectivity index (χ0v) is 18.5. The smallest absolute Gasteiger partial charge is 0.243 e. The Bertz CT molecular complexity index is 1210. The summed E-state index contributed by atoms with van der Waals surface area (Å²) in [5.41, 5.74) is 2.04. The number of hydrogen-bond acceptors (Lipinski definition) is 8. The number of nitrogens with zero attached hydrogens (tertiary/aromatic N) is 5.